The van der Waals surface area contributed by atoms with Gasteiger partial charge in [0.25, 0.3) is 0 Å². The van der Waals surface area contributed by atoms with E-state index in [1.165, 1.54) is 21.9 Å². The molecule has 2 heterocycles. The first-order chi connectivity index (χ1) is 13.3. The first-order valence-electron chi connectivity index (χ1n) is 9.00. The van der Waals surface area contributed by atoms with Gasteiger partial charge in [-0.05, 0) is 38.0 Å². The molecule has 0 atom stereocenters. The summed E-state index contributed by atoms with van der Waals surface area (Å²) in [5.74, 6) is -1.26. The van der Waals surface area contributed by atoms with E-state index >= 15 is 0 Å². The van der Waals surface area contributed by atoms with E-state index in [-0.39, 0.29) is 18.0 Å². The summed E-state index contributed by atoms with van der Waals surface area (Å²) in [7, 11) is 0. The van der Waals surface area contributed by atoms with Crippen LogP contribution in [-0.2, 0) is 17.9 Å². The zero-order valence-corrected chi connectivity index (χ0v) is 16.1. The molecule has 3 rings (SSSR count). The number of nitrogens with zero attached hydrogens (tertiary/aromatic N) is 4. The molecule has 0 fully saturated rings. The number of anilines is 1. The second-order valence-electron chi connectivity index (χ2n) is 6.70. The minimum Gasteiger partial charge on any atom is -0.476 e. The van der Waals surface area contributed by atoms with Crippen LogP contribution in [0.15, 0.2) is 36.5 Å². The predicted octanol–water partition coefficient (Wildman–Crippen LogP) is 2.78. The van der Waals surface area contributed by atoms with Gasteiger partial charge in [-0.15, -0.1) is 0 Å². The van der Waals surface area contributed by atoms with Crippen LogP contribution in [0.1, 0.15) is 39.4 Å². The van der Waals surface area contributed by atoms with Gasteiger partial charge in [-0.2, -0.15) is 10.2 Å². The Morgan fingerprint density at radius 1 is 1.11 bits per heavy atom. The van der Waals surface area contributed by atoms with Crippen LogP contribution in [0.2, 0.25) is 0 Å². The lowest BCUT2D eigenvalue weighted by molar-refractivity contribution is -0.116. The van der Waals surface area contributed by atoms with E-state index in [1.807, 2.05) is 30.7 Å². The largest absolute Gasteiger partial charge is 0.476 e. The number of rotatable bonds is 7. The molecule has 146 valence electrons. The van der Waals surface area contributed by atoms with Crippen LogP contribution in [0.5, 0.6) is 0 Å². The molecule has 0 aliphatic carbocycles. The highest BCUT2D eigenvalue weighted by Gasteiger charge is 2.15. The van der Waals surface area contributed by atoms with E-state index < -0.39 is 5.97 Å². The lowest BCUT2D eigenvalue weighted by atomic mass is 10.1. The van der Waals surface area contributed by atoms with Crippen molar-refractivity contribution in [1.82, 2.24) is 19.6 Å². The third-order valence-electron chi connectivity index (χ3n) is 4.66. The molecule has 0 spiro atoms. The maximum atomic E-state index is 12.3. The van der Waals surface area contributed by atoms with Gasteiger partial charge in [0.05, 0.1) is 23.6 Å². The zero-order chi connectivity index (χ0) is 20.3. The molecule has 8 nitrogen and oxygen atoms in total. The van der Waals surface area contributed by atoms with E-state index in [4.69, 9.17) is 5.11 Å². The van der Waals surface area contributed by atoms with Gasteiger partial charge in [-0.25, -0.2) is 4.79 Å². The number of hydrogen-bond donors (Lipinski definition) is 2. The normalized spacial score (nSPS) is 10.8. The summed E-state index contributed by atoms with van der Waals surface area (Å²) < 4.78 is 3.34. The van der Waals surface area contributed by atoms with Crippen molar-refractivity contribution in [3.05, 3.63) is 64.7 Å². The number of carboxylic acids is 1. The molecule has 0 saturated carbocycles. The number of amides is 1. The average Bonchev–Trinajstić information content (AvgIpc) is 3.23. The van der Waals surface area contributed by atoms with Crippen molar-refractivity contribution in [2.45, 2.75) is 40.3 Å². The first kappa shape index (κ1) is 19.3. The number of hydrogen-bond acceptors (Lipinski definition) is 4. The van der Waals surface area contributed by atoms with Crippen LogP contribution in [0.25, 0.3) is 0 Å². The number of nitrogens with one attached hydrogen (secondary N) is 1. The van der Waals surface area contributed by atoms with E-state index in [9.17, 15) is 9.59 Å². The summed E-state index contributed by atoms with van der Waals surface area (Å²) >= 11 is 0. The van der Waals surface area contributed by atoms with E-state index in [0.717, 1.165) is 11.4 Å². The quantitative estimate of drug-likeness (QED) is 0.655. The van der Waals surface area contributed by atoms with Crippen molar-refractivity contribution in [2.24, 2.45) is 0 Å². The lowest BCUT2D eigenvalue weighted by Crippen LogP contribution is -2.16. The molecule has 0 bridgehead atoms. The fourth-order valence-corrected chi connectivity index (χ4v) is 3.00. The third-order valence-corrected chi connectivity index (χ3v) is 4.66. The van der Waals surface area contributed by atoms with Crippen molar-refractivity contribution in [3.63, 3.8) is 0 Å². The highest BCUT2D eigenvalue weighted by atomic mass is 16.4. The fraction of sp³-hybridized carbons (Fsp3) is 0.300. The Hall–Kier alpha value is -3.42. The van der Waals surface area contributed by atoms with Crippen molar-refractivity contribution in [2.75, 3.05) is 5.32 Å². The molecule has 8 heteroatoms. The zero-order valence-electron chi connectivity index (χ0n) is 16.1. The molecule has 3 aromatic rings. The topological polar surface area (TPSA) is 102 Å². The molecule has 1 aromatic carbocycles. The summed E-state index contributed by atoms with van der Waals surface area (Å²) in [6.45, 7) is 6.80. The number of aryl methyl sites for hydroxylation is 3. The number of carbonyl (C=O) groups excluding carboxylic acids is 1. The van der Waals surface area contributed by atoms with Gasteiger partial charge in [-0.3, -0.25) is 14.2 Å². The third kappa shape index (κ3) is 4.28. The second-order valence-corrected chi connectivity index (χ2v) is 6.70. The Morgan fingerprint density at radius 2 is 1.86 bits per heavy atom. The maximum Gasteiger partial charge on any atom is 0.356 e. The van der Waals surface area contributed by atoms with E-state index in [2.05, 4.69) is 34.6 Å². The van der Waals surface area contributed by atoms with Crippen LogP contribution >= 0.6 is 0 Å². The molecule has 0 aliphatic rings. The van der Waals surface area contributed by atoms with Gasteiger partial charge in [0, 0.05) is 19.2 Å². The minimum atomic E-state index is -1.09. The standard InChI is InChI=1S/C20H23N5O3/c1-13-6-4-5-7-16(13)12-25-15(3)19(14(2)22-25)21-18(26)9-11-24-10-8-17(23-24)20(27)28/h4-8,10H,9,11-12H2,1-3H3,(H,21,26)(H,27,28). The van der Waals surface area contributed by atoms with E-state index in [1.54, 1.807) is 6.20 Å². The van der Waals surface area contributed by atoms with Gasteiger partial charge >= 0.3 is 5.97 Å². The molecular formula is C20H23N5O3. The summed E-state index contributed by atoms with van der Waals surface area (Å²) in [6.07, 6.45) is 1.73. The minimum absolute atomic E-state index is 0.0374. The lowest BCUT2D eigenvalue weighted by Gasteiger charge is -2.09. The summed E-state index contributed by atoms with van der Waals surface area (Å²) in [6, 6.07) is 9.55. The highest BCUT2D eigenvalue weighted by Crippen LogP contribution is 2.21. The Balaban J connectivity index is 1.65. The molecule has 2 aromatic heterocycles. The Labute approximate surface area is 162 Å². The van der Waals surface area contributed by atoms with Crippen LogP contribution in [0, 0.1) is 20.8 Å². The highest BCUT2D eigenvalue weighted by molar-refractivity contribution is 5.91. The second kappa shape index (κ2) is 8.08. The molecule has 0 saturated heterocycles. The molecule has 0 unspecified atom stereocenters. The SMILES string of the molecule is Cc1ccccc1Cn1nc(C)c(NC(=O)CCn2ccc(C(=O)O)n2)c1C. The van der Waals surface area contributed by atoms with Gasteiger partial charge < -0.3 is 10.4 Å². The predicted molar refractivity (Wildman–Crippen MR) is 104 cm³/mol. The van der Waals surface area contributed by atoms with Crippen LogP contribution in [0.3, 0.4) is 0 Å². The van der Waals surface area contributed by atoms with Gasteiger partial charge in [0.1, 0.15) is 0 Å². The van der Waals surface area contributed by atoms with E-state index in [0.29, 0.717) is 18.8 Å². The number of aromatic carboxylic acids is 1. The number of aromatic nitrogens is 4. The molecule has 0 aliphatic heterocycles. The smallest absolute Gasteiger partial charge is 0.356 e. The Bertz CT molecular complexity index is 1020. The fourth-order valence-electron chi connectivity index (χ4n) is 3.00. The van der Waals surface area contributed by atoms with Gasteiger partial charge in [0.2, 0.25) is 5.91 Å². The summed E-state index contributed by atoms with van der Waals surface area (Å²) in [4.78, 5) is 23.2. The molecule has 0 radical (unpaired) electrons. The van der Waals surface area contributed by atoms with Crippen molar-refractivity contribution >= 4 is 17.6 Å². The van der Waals surface area contributed by atoms with Crippen LogP contribution < -0.4 is 5.32 Å². The first-order valence-corrected chi connectivity index (χ1v) is 9.00. The van der Waals surface area contributed by atoms with Crippen LogP contribution in [-0.4, -0.2) is 36.5 Å². The maximum absolute atomic E-state index is 12.3. The molecule has 1 amide bonds. The van der Waals surface area contributed by atoms with Crippen molar-refractivity contribution < 1.29 is 14.7 Å². The monoisotopic (exact) mass is 381 g/mol. The van der Waals surface area contributed by atoms with Crippen molar-refractivity contribution in [1.29, 1.82) is 0 Å². The molecular weight excluding hydrogens is 358 g/mol. The summed E-state index contributed by atoms with van der Waals surface area (Å²) in [5.41, 5.74) is 4.70. The number of benzene rings is 1. The Morgan fingerprint density at radius 3 is 2.54 bits per heavy atom. The van der Waals surface area contributed by atoms with Gasteiger partial charge in [-0.1, -0.05) is 24.3 Å². The summed E-state index contributed by atoms with van der Waals surface area (Å²) in [5, 5.41) is 20.3. The van der Waals surface area contributed by atoms with Gasteiger partial charge in [0.15, 0.2) is 5.69 Å². The Kier molecular flexibility index (Phi) is 5.58. The molecule has 28 heavy (non-hydrogen) atoms. The average molecular weight is 381 g/mol. The molecule has 2 N–H and O–H groups in total. The van der Waals surface area contributed by atoms with Crippen molar-refractivity contribution in [3.8, 4) is 0 Å². The van der Waals surface area contributed by atoms with Crippen LogP contribution in [0.4, 0.5) is 5.69 Å². The number of carboxylic acid groups (broad SMARTS) is 1. The number of carbonyl (C=O) groups is 2.